The molecule has 4 bridgehead atoms. The van der Waals surface area contributed by atoms with Crippen molar-refractivity contribution < 1.29 is 23.1 Å². The van der Waals surface area contributed by atoms with E-state index < -0.39 is 11.9 Å². The second kappa shape index (κ2) is 7.07. The molecule has 9 heteroatoms. The van der Waals surface area contributed by atoms with Gasteiger partial charge in [-0.2, -0.15) is 13.2 Å². The summed E-state index contributed by atoms with van der Waals surface area (Å²) in [7, 11) is 0. The van der Waals surface area contributed by atoms with E-state index in [0.29, 0.717) is 19.0 Å². The fraction of sp³-hybridized carbons (Fsp3) is 0.762. The number of piperidine rings is 1. The van der Waals surface area contributed by atoms with Gasteiger partial charge in [0.1, 0.15) is 5.69 Å². The number of aliphatic hydroxyl groups is 1. The third-order valence-corrected chi connectivity index (χ3v) is 7.68. The lowest BCUT2D eigenvalue weighted by Crippen LogP contribution is -2.60. The summed E-state index contributed by atoms with van der Waals surface area (Å²) in [6.45, 7) is 0.972. The monoisotopic (exact) mass is 424 g/mol. The molecule has 5 aliphatic rings. The van der Waals surface area contributed by atoms with E-state index >= 15 is 0 Å². The van der Waals surface area contributed by atoms with E-state index in [4.69, 9.17) is 0 Å². The molecule has 2 heterocycles. The third kappa shape index (κ3) is 3.44. The predicted molar refractivity (Wildman–Crippen MR) is 102 cm³/mol. The lowest BCUT2D eigenvalue weighted by molar-refractivity contribution is -0.163. The van der Waals surface area contributed by atoms with Crippen LogP contribution in [0.4, 0.5) is 19.1 Å². The molecular weight excluding hydrogens is 397 g/mol. The lowest BCUT2D eigenvalue weighted by atomic mass is 9.48. The SMILES string of the molecule is O=C(NC1CCCN(c2nccc(C(F)(F)F)n2)C1)C12CC3CC(C1)C(O)C(C3)C2. The van der Waals surface area contributed by atoms with Crippen LogP contribution in [0.3, 0.4) is 0 Å². The standard InChI is InChI=1S/C21H27F3N4O2/c22-21(23,24)16-3-4-25-19(27-16)28-5-1-2-15(11-28)26-18(30)20-8-12-6-13(9-20)17(29)14(7-12)10-20/h3-4,12-15,17,29H,1-2,5-11H2,(H,26,30). The number of carbonyl (C=O) groups is 1. The van der Waals surface area contributed by atoms with Crippen LogP contribution in [-0.2, 0) is 11.0 Å². The Kier molecular flexibility index (Phi) is 4.72. The van der Waals surface area contributed by atoms with Crippen LogP contribution in [0.15, 0.2) is 12.3 Å². The normalized spacial score (nSPS) is 38.0. The zero-order valence-corrected chi connectivity index (χ0v) is 16.7. The topological polar surface area (TPSA) is 78.4 Å². The van der Waals surface area contributed by atoms with Crippen LogP contribution in [0.5, 0.6) is 0 Å². The number of hydrogen-bond acceptors (Lipinski definition) is 5. The molecule has 4 saturated carbocycles. The molecular formula is C21H27F3N4O2. The molecule has 6 rings (SSSR count). The van der Waals surface area contributed by atoms with Crippen molar-refractivity contribution in [1.29, 1.82) is 0 Å². The maximum atomic E-state index is 13.3. The summed E-state index contributed by atoms with van der Waals surface area (Å²) in [5, 5.41) is 13.6. The van der Waals surface area contributed by atoms with E-state index in [-0.39, 0.29) is 41.3 Å². The Morgan fingerprint density at radius 3 is 2.67 bits per heavy atom. The zero-order chi connectivity index (χ0) is 21.1. The predicted octanol–water partition coefficient (Wildman–Crippen LogP) is 2.77. The number of aliphatic hydroxyl groups excluding tert-OH is 1. The second-order valence-corrected chi connectivity index (χ2v) is 9.74. The van der Waals surface area contributed by atoms with Crippen molar-refractivity contribution in [2.45, 2.75) is 63.3 Å². The van der Waals surface area contributed by atoms with Crippen molar-refractivity contribution in [2.24, 2.45) is 23.2 Å². The average molecular weight is 424 g/mol. The van der Waals surface area contributed by atoms with E-state index in [9.17, 15) is 23.1 Å². The van der Waals surface area contributed by atoms with Gasteiger partial charge in [-0.1, -0.05) is 0 Å². The first-order chi connectivity index (χ1) is 14.2. The Morgan fingerprint density at radius 2 is 1.97 bits per heavy atom. The molecule has 1 amide bonds. The number of rotatable bonds is 3. The number of carbonyl (C=O) groups excluding carboxylic acids is 1. The minimum Gasteiger partial charge on any atom is -0.393 e. The van der Waals surface area contributed by atoms with Crippen molar-refractivity contribution in [3.63, 3.8) is 0 Å². The minimum atomic E-state index is -4.51. The number of aromatic nitrogens is 2. The summed E-state index contributed by atoms with van der Waals surface area (Å²) < 4.78 is 39.0. The van der Waals surface area contributed by atoms with Crippen LogP contribution >= 0.6 is 0 Å². The molecule has 1 aromatic rings. The van der Waals surface area contributed by atoms with E-state index in [0.717, 1.165) is 57.2 Å². The van der Waals surface area contributed by atoms with Crippen molar-refractivity contribution in [3.8, 4) is 0 Å². The lowest BCUT2D eigenvalue weighted by Gasteiger charge is -2.58. The molecule has 5 fully saturated rings. The first-order valence-corrected chi connectivity index (χ1v) is 10.9. The highest BCUT2D eigenvalue weighted by Crippen LogP contribution is 2.60. The van der Waals surface area contributed by atoms with Gasteiger partial charge in [-0.25, -0.2) is 9.97 Å². The van der Waals surface area contributed by atoms with Gasteiger partial charge in [0.05, 0.1) is 11.5 Å². The van der Waals surface area contributed by atoms with Crippen LogP contribution in [0.25, 0.3) is 0 Å². The van der Waals surface area contributed by atoms with Gasteiger partial charge in [0, 0.05) is 25.3 Å². The number of nitrogens with zero attached hydrogens (tertiary/aromatic N) is 3. The maximum absolute atomic E-state index is 13.3. The van der Waals surface area contributed by atoms with Gasteiger partial charge >= 0.3 is 6.18 Å². The number of halogens is 3. The molecule has 1 aromatic heterocycles. The Bertz CT molecular complexity index is 817. The maximum Gasteiger partial charge on any atom is 0.433 e. The molecule has 30 heavy (non-hydrogen) atoms. The van der Waals surface area contributed by atoms with Gasteiger partial charge in [-0.15, -0.1) is 0 Å². The van der Waals surface area contributed by atoms with E-state index in [1.807, 2.05) is 0 Å². The molecule has 0 aromatic carbocycles. The molecule has 0 spiro atoms. The van der Waals surface area contributed by atoms with Gasteiger partial charge in [-0.05, 0) is 68.8 Å². The van der Waals surface area contributed by atoms with E-state index in [1.165, 1.54) is 0 Å². The van der Waals surface area contributed by atoms with Crippen molar-refractivity contribution in [2.75, 3.05) is 18.0 Å². The van der Waals surface area contributed by atoms with Gasteiger partial charge < -0.3 is 15.3 Å². The van der Waals surface area contributed by atoms with E-state index in [2.05, 4.69) is 15.3 Å². The quantitative estimate of drug-likeness (QED) is 0.780. The van der Waals surface area contributed by atoms with Gasteiger partial charge in [0.15, 0.2) is 0 Å². The van der Waals surface area contributed by atoms with Crippen LogP contribution in [0.2, 0.25) is 0 Å². The number of alkyl halides is 3. The van der Waals surface area contributed by atoms with E-state index in [1.54, 1.807) is 4.90 Å². The summed E-state index contributed by atoms with van der Waals surface area (Å²) >= 11 is 0. The zero-order valence-electron chi connectivity index (χ0n) is 16.7. The Hall–Kier alpha value is -1.90. The van der Waals surface area contributed by atoms with Gasteiger partial charge in [0.25, 0.3) is 0 Å². The first-order valence-electron chi connectivity index (χ1n) is 10.9. The van der Waals surface area contributed by atoms with Crippen LogP contribution < -0.4 is 10.2 Å². The number of nitrogens with one attached hydrogen (secondary N) is 1. The highest BCUT2D eigenvalue weighted by atomic mass is 19.4. The van der Waals surface area contributed by atoms with Crippen molar-refractivity contribution in [1.82, 2.24) is 15.3 Å². The fourth-order valence-electron chi connectivity index (χ4n) is 6.55. The number of anilines is 1. The van der Waals surface area contributed by atoms with Crippen LogP contribution in [0.1, 0.15) is 50.6 Å². The number of amides is 1. The largest absolute Gasteiger partial charge is 0.433 e. The summed E-state index contributed by atoms with van der Waals surface area (Å²) in [4.78, 5) is 22.8. The molecule has 3 unspecified atom stereocenters. The first kappa shape index (κ1) is 20.0. The third-order valence-electron chi connectivity index (χ3n) is 7.68. The Balaban J connectivity index is 1.27. The van der Waals surface area contributed by atoms with Crippen LogP contribution in [-0.4, -0.2) is 46.2 Å². The summed E-state index contributed by atoms with van der Waals surface area (Å²) in [5.41, 5.74) is -1.34. The molecule has 1 saturated heterocycles. The molecule has 1 aliphatic heterocycles. The van der Waals surface area contributed by atoms with Crippen molar-refractivity contribution in [3.05, 3.63) is 18.0 Å². The fourth-order valence-corrected chi connectivity index (χ4v) is 6.55. The van der Waals surface area contributed by atoms with Gasteiger partial charge in [0.2, 0.25) is 11.9 Å². The highest BCUT2D eigenvalue weighted by molar-refractivity contribution is 5.83. The Morgan fingerprint density at radius 1 is 1.23 bits per heavy atom. The molecule has 2 N–H and O–H groups in total. The molecule has 0 radical (unpaired) electrons. The molecule has 3 atom stereocenters. The molecule has 6 nitrogen and oxygen atoms in total. The average Bonchev–Trinajstić information content (AvgIpc) is 2.71. The second-order valence-electron chi connectivity index (χ2n) is 9.74. The Labute approximate surface area is 173 Å². The summed E-state index contributed by atoms with van der Waals surface area (Å²) in [5.74, 6) is 1.09. The molecule has 4 aliphatic carbocycles. The summed E-state index contributed by atoms with van der Waals surface area (Å²) in [6.07, 6.45) is 2.34. The molecule has 164 valence electrons. The number of hydrogen-bond donors (Lipinski definition) is 2. The highest BCUT2D eigenvalue weighted by Gasteiger charge is 2.58. The summed E-state index contributed by atoms with van der Waals surface area (Å²) in [6, 6.07) is 0.732. The minimum absolute atomic E-state index is 0.0571. The van der Waals surface area contributed by atoms with Crippen LogP contribution in [0, 0.1) is 23.2 Å². The smallest absolute Gasteiger partial charge is 0.393 e. The van der Waals surface area contributed by atoms with Gasteiger partial charge in [-0.3, -0.25) is 4.79 Å². The van der Waals surface area contributed by atoms with Crippen molar-refractivity contribution >= 4 is 11.9 Å².